The minimum atomic E-state index is -0.144. The fraction of sp³-hybridized carbons (Fsp3) is 0.400. The highest BCUT2D eigenvalue weighted by molar-refractivity contribution is 8.16. The summed E-state index contributed by atoms with van der Waals surface area (Å²) in [6, 6.07) is 7.90. The molecule has 0 N–H and O–H groups in total. The zero-order valence-corrected chi connectivity index (χ0v) is 11.4. The SMILES string of the molecule is Fc1ccccc1C1=CSC2=N[C@@H]3CCCC[C@@H]3N12. The summed E-state index contributed by atoms with van der Waals surface area (Å²) in [6.45, 7) is 0. The molecule has 0 amide bonds. The van der Waals surface area contributed by atoms with Crippen LogP contribution in [0.4, 0.5) is 4.39 Å². The first kappa shape index (κ1) is 11.5. The van der Waals surface area contributed by atoms with Gasteiger partial charge in [0.1, 0.15) is 5.82 Å². The van der Waals surface area contributed by atoms with E-state index in [0.717, 1.165) is 10.9 Å². The Balaban J connectivity index is 1.72. The maximum absolute atomic E-state index is 14.0. The van der Waals surface area contributed by atoms with Gasteiger partial charge in [-0.05, 0) is 25.0 Å². The molecule has 0 saturated heterocycles. The van der Waals surface area contributed by atoms with E-state index in [9.17, 15) is 4.39 Å². The summed E-state index contributed by atoms with van der Waals surface area (Å²) >= 11 is 1.64. The predicted molar refractivity (Wildman–Crippen MR) is 77.3 cm³/mol. The number of hydrogen-bond donors (Lipinski definition) is 0. The third kappa shape index (κ3) is 1.73. The van der Waals surface area contributed by atoms with Crippen LogP contribution in [-0.2, 0) is 0 Å². The number of halogens is 1. The normalized spacial score (nSPS) is 28.8. The van der Waals surface area contributed by atoms with Crippen molar-refractivity contribution in [2.75, 3.05) is 0 Å². The van der Waals surface area contributed by atoms with Gasteiger partial charge in [-0.25, -0.2) is 4.39 Å². The van der Waals surface area contributed by atoms with Crippen LogP contribution in [0.15, 0.2) is 34.7 Å². The van der Waals surface area contributed by atoms with E-state index in [1.807, 2.05) is 17.5 Å². The number of nitrogens with zero attached hydrogens (tertiary/aromatic N) is 2. The van der Waals surface area contributed by atoms with Gasteiger partial charge >= 0.3 is 0 Å². The molecule has 2 heterocycles. The summed E-state index contributed by atoms with van der Waals surface area (Å²) in [4.78, 5) is 7.08. The fourth-order valence-electron chi connectivity index (χ4n) is 3.29. The topological polar surface area (TPSA) is 15.6 Å². The third-order valence-electron chi connectivity index (χ3n) is 4.19. The van der Waals surface area contributed by atoms with Gasteiger partial charge in [0.25, 0.3) is 0 Å². The molecule has 0 unspecified atom stereocenters. The van der Waals surface area contributed by atoms with Crippen molar-refractivity contribution >= 4 is 22.6 Å². The van der Waals surface area contributed by atoms with E-state index in [2.05, 4.69) is 4.90 Å². The zero-order valence-electron chi connectivity index (χ0n) is 10.6. The average molecular weight is 274 g/mol. The van der Waals surface area contributed by atoms with Gasteiger partial charge in [-0.2, -0.15) is 0 Å². The Kier molecular flexibility index (Phi) is 2.65. The number of amidine groups is 1. The van der Waals surface area contributed by atoms with Gasteiger partial charge in [0.05, 0.1) is 17.8 Å². The van der Waals surface area contributed by atoms with Gasteiger partial charge in [-0.3, -0.25) is 4.99 Å². The van der Waals surface area contributed by atoms with E-state index >= 15 is 0 Å². The second kappa shape index (κ2) is 4.37. The lowest BCUT2D eigenvalue weighted by molar-refractivity contribution is 0.305. The van der Waals surface area contributed by atoms with Crippen molar-refractivity contribution in [3.63, 3.8) is 0 Å². The lowest BCUT2D eigenvalue weighted by atomic mass is 9.90. The van der Waals surface area contributed by atoms with Crippen LogP contribution < -0.4 is 0 Å². The summed E-state index contributed by atoms with van der Waals surface area (Å²) in [5, 5.41) is 3.11. The van der Waals surface area contributed by atoms with Gasteiger partial charge < -0.3 is 4.90 Å². The van der Waals surface area contributed by atoms with Gasteiger partial charge in [-0.15, -0.1) is 0 Å². The molecule has 1 fully saturated rings. The average Bonchev–Trinajstić information content (AvgIpc) is 2.98. The number of thioether (sulfide) groups is 1. The molecule has 2 aliphatic heterocycles. The Bertz CT molecular complexity index is 581. The molecule has 19 heavy (non-hydrogen) atoms. The van der Waals surface area contributed by atoms with E-state index < -0.39 is 0 Å². The quantitative estimate of drug-likeness (QED) is 0.773. The number of rotatable bonds is 1. The van der Waals surface area contributed by atoms with Crippen molar-refractivity contribution in [1.82, 2.24) is 4.90 Å². The van der Waals surface area contributed by atoms with E-state index in [0.29, 0.717) is 17.6 Å². The van der Waals surface area contributed by atoms with Crippen molar-refractivity contribution in [3.05, 3.63) is 41.1 Å². The Morgan fingerprint density at radius 2 is 2.05 bits per heavy atom. The molecule has 3 aliphatic rings. The second-order valence-electron chi connectivity index (χ2n) is 5.30. The smallest absolute Gasteiger partial charge is 0.168 e. The Morgan fingerprint density at radius 3 is 2.95 bits per heavy atom. The first-order chi connectivity index (χ1) is 9.34. The third-order valence-corrected chi connectivity index (χ3v) is 5.05. The first-order valence-corrected chi connectivity index (χ1v) is 7.71. The standard InChI is InChI=1S/C15H15FN2S/c16-11-6-2-1-5-10(11)14-9-19-15-17-12-7-3-4-8-13(12)18(14)15/h1-2,5-6,9,12-13H,3-4,7-8H2/t12-,13+/m1/s1. The lowest BCUT2D eigenvalue weighted by Crippen LogP contribution is -2.38. The van der Waals surface area contributed by atoms with Crippen LogP contribution in [-0.4, -0.2) is 22.2 Å². The van der Waals surface area contributed by atoms with E-state index in [1.165, 1.54) is 31.7 Å². The fourth-order valence-corrected chi connectivity index (χ4v) is 4.29. The van der Waals surface area contributed by atoms with Crippen LogP contribution in [0.3, 0.4) is 0 Å². The molecule has 0 aromatic heterocycles. The summed E-state index contributed by atoms with van der Waals surface area (Å²) in [5.41, 5.74) is 1.70. The van der Waals surface area contributed by atoms with Gasteiger partial charge in [-0.1, -0.05) is 36.7 Å². The van der Waals surface area contributed by atoms with Gasteiger partial charge in [0.2, 0.25) is 0 Å². The Labute approximate surface area is 116 Å². The van der Waals surface area contributed by atoms with Crippen LogP contribution in [0.25, 0.3) is 5.70 Å². The molecule has 1 aromatic carbocycles. The molecular formula is C15H15FN2S. The van der Waals surface area contributed by atoms with Crippen LogP contribution in [0, 0.1) is 5.82 Å². The molecule has 2 atom stereocenters. The Hall–Kier alpha value is -1.29. The molecule has 1 aliphatic carbocycles. The van der Waals surface area contributed by atoms with Crippen molar-refractivity contribution in [3.8, 4) is 0 Å². The summed E-state index contributed by atoms with van der Waals surface area (Å²) < 4.78 is 14.0. The Morgan fingerprint density at radius 1 is 1.21 bits per heavy atom. The summed E-state index contributed by atoms with van der Waals surface area (Å²) in [7, 11) is 0. The molecule has 98 valence electrons. The van der Waals surface area contributed by atoms with E-state index in [4.69, 9.17) is 4.99 Å². The monoisotopic (exact) mass is 274 g/mol. The molecule has 0 bridgehead atoms. The molecule has 1 aromatic rings. The largest absolute Gasteiger partial charge is 0.315 e. The minimum absolute atomic E-state index is 0.144. The van der Waals surface area contributed by atoms with Crippen LogP contribution >= 0.6 is 11.8 Å². The maximum atomic E-state index is 14.0. The summed E-state index contributed by atoms with van der Waals surface area (Å²) in [6.07, 6.45) is 4.88. The highest BCUT2D eigenvalue weighted by Gasteiger charge is 2.42. The molecule has 4 heteroatoms. The molecule has 0 spiro atoms. The van der Waals surface area contributed by atoms with Crippen molar-refractivity contribution in [2.45, 2.75) is 37.8 Å². The van der Waals surface area contributed by atoms with E-state index in [-0.39, 0.29) is 5.82 Å². The number of aliphatic imine (C=N–C) groups is 1. The lowest BCUT2D eigenvalue weighted by Gasteiger charge is -2.32. The molecular weight excluding hydrogens is 259 g/mol. The first-order valence-electron chi connectivity index (χ1n) is 6.83. The number of hydrogen-bond acceptors (Lipinski definition) is 3. The van der Waals surface area contributed by atoms with Gasteiger partial charge in [0.15, 0.2) is 5.17 Å². The van der Waals surface area contributed by atoms with E-state index in [1.54, 1.807) is 17.8 Å². The number of fused-ring (bicyclic) bond motifs is 3. The molecule has 4 rings (SSSR count). The summed E-state index contributed by atoms with van der Waals surface area (Å²) in [5.74, 6) is -0.144. The van der Waals surface area contributed by atoms with Crippen molar-refractivity contribution in [1.29, 1.82) is 0 Å². The molecule has 0 radical (unpaired) electrons. The predicted octanol–water partition coefficient (Wildman–Crippen LogP) is 3.85. The van der Waals surface area contributed by atoms with Crippen molar-refractivity contribution in [2.24, 2.45) is 4.99 Å². The second-order valence-corrected chi connectivity index (χ2v) is 6.14. The van der Waals surface area contributed by atoms with Crippen LogP contribution in [0.2, 0.25) is 0 Å². The number of benzene rings is 1. The van der Waals surface area contributed by atoms with Crippen LogP contribution in [0.5, 0.6) is 0 Å². The highest BCUT2D eigenvalue weighted by Crippen LogP contribution is 2.44. The molecule has 1 saturated carbocycles. The zero-order chi connectivity index (χ0) is 12.8. The molecule has 2 nitrogen and oxygen atoms in total. The minimum Gasteiger partial charge on any atom is -0.315 e. The van der Waals surface area contributed by atoms with Crippen LogP contribution in [0.1, 0.15) is 31.2 Å². The van der Waals surface area contributed by atoms with Gasteiger partial charge in [0, 0.05) is 11.0 Å². The van der Waals surface area contributed by atoms with Crippen molar-refractivity contribution < 1.29 is 4.39 Å². The maximum Gasteiger partial charge on any atom is 0.168 e. The highest BCUT2D eigenvalue weighted by atomic mass is 32.2.